The molecule has 0 N–H and O–H groups in total. The summed E-state index contributed by atoms with van der Waals surface area (Å²) in [4.78, 5) is 0. The Bertz CT molecular complexity index is 292. The maximum absolute atomic E-state index is 5.01. The average molecular weight is 196 g/mol. The smallest absolute Gasteiger partial charge is 0.0625 e. The van der Waals surface area contributed by atoms with Crippen LogP contribution in [0.15, 0.2) is 0 Å². The van der Waals surface area contributed by atoms with E-state index in [0.717, 1.165) is 31.7 Å². The van der Waals surface area contributed by atoms with Gasteiger partial charge in [-0.15, -0.1) is 0 Å². The predicted octanol–water partition coefficient (Wildman–Crippen LogP) is 2.23. The molecule has 0 fully saturated rings. The van der Waals surface area contributed by atoms with Crippen LogP contribution in [0.2, 0.25) is 0 Å². The molecule has 3 nitrogen and oxygen atoms in total. The summed E-state index contributed by atoms with van der Waals surface area (Å²) in [5, 5.41) is 4.48. The van der Waals surface area contributed by atoms with Gasteiger partial charge in [-0.05, 0) is 39.2 Å². The second kappa shape index (κ2) is 5.15. The minimum atomic E-state index is 0.846. The van der Waals surface area contributed by atoms with Crippen LogP contribution in [0.25, 0.3) is 0 Å². The summed E-state index contributed by atoms with van der Waals surface area (Å²) in [5.74, 6) is 0. The van der Waals surface area contributed by atoms with Gasteiger partial charge in [0.05, 0.1) is 5.69 Å². The fourth-order valence-corrected chi connectivity index (χ4v) is 1.51. The van der Waals surface area contributed by atoms with Gasteiger partial charge in [-0.1, -0.05) is 0 Å². The fraction of sp³-hybridized carbons (Fsp3) is 0.727. The summed E-state index contributed by atoms with van der Waals surface area (Å²) in [7, 11) is 1.74. The number of hydrogen-bond donors (Lipinski definition) is 0. The van der Waals surface area contributed by atoms with E-state index in [1.165, 1.54) is 11.3 Å². The van der Waals surface area contributed by atoms with Crippen molar-refractivity contribution < 1.29 is 4.74 Å². The highest BCUT2D eigenvalue weighted by atomic mass is 16.5. The van der Waals surface area contributed by atoms with Crippen molar-refractivity contribution in [2.45, 2.75) is 40.2 Å². The molecule has 0 amide bonds. The summed E-state index contributed by atoms with van der Waals surface area (Å²) in [6.07, 6.45) is 2.24. The first-order chi connectivity index (χ1) is 6.66. The molecule has 0 unspecified atom stereocenters. The lowest BCUT2D eigenvalue weighted by Gasteiger charge is -2.03. The Balaban J connectivity index is 2.47. The van der Waals surface area contributed by atoms with Gasteiger partial charge in [0.2, 0.25) is 0 Å². The van der Waals surface area contributed by atoms with Crippen molar-refractivity contribution in [3.8, 4) is 0 Å². The van der Waals surface area contributed by atoms with E-state index in [0.29, 0.717) is 0 Å². The van der Waals surface area contributed by atoms with E-state index >= 15 is 0 Å². The van der Waals surface area contributed by atoms with Crippen LogP contribution < -0.4 is 0 Å². The zero-order valence-electron chi connectivity index (χ0n) is 9.63. The van der Waals surface area contributed by atoms with Crippen molar-refractivity contribution in [3.05, 3.63) is 17.0 Å². The highest BCUT2D eigenvalue weighted by molar-refractivity contribution is 5.21. The molecule has 0 saturated carbocycles. The lowest BCUT2D eigenvalue weighted by Crippen LogP contribution is -2.03. The molecule has 1 aromatic rings. The summed E-state index contributed by atoms with van der Waals surface area (Å²) in [5.41, 5.74) is 3.76. The minimum Gasteiger partial charge on any atom is -0.385 e. The first-order valence-corrected chi connectivity index (χ1v) is 5.16. The largest absolute Gasteiger partial charge is 0.385 e. The molecule has 0 aromatic carbocycles. The molecule has 14 heavy (non-hydrogen) atoms. The van der Waals surface area contributed by atoms with Crippen LogP contribution in [-0.4, -0.2) is 23.5 Å². The monoisotopic (exact) mass is 196 g/mol. The van der Waals surface area contributed by atoms with E-state index in [1.54, 1.807) is 7.11 Å². The molecule has 0 spiro atoms. The van der Waals surface area contributed by atoms with E-state index < -0.39 is 0 Å². The molecule has 0 radical (unpaired) electrons. The van der Waals surface area contributed by atoms with Crippen molar-refractivity contribution in [3.63, 3.8) is 0 Å². The Morgan fingerprint density at radius 1 is 1.21 bits per heavy atom. The van der Waals surface area contributed by atoms with Crippen LogP contribution in [0, 0.1) is 20.8 Å². The number of methoxy groups -OCH3 is 1. The Morgan fingerprint density at radius 3 is 2.43 bits per heavy atom. The van der Waals surface area contributed by atoms with Gasteiger partial charge >= 0.3 is 0 Å². The molecule has 0 atom stereocenters. The predicted molar refractivity (Wildman–Crippen MR) is 57.5 cm³/mol. The third-order valence-corrected chi connectivity index (χ3v) is 2.71. The third kappa shape index (κ3) is 2.58. The highest BCUT2D eigenvalue weighted by Gasteiger charge is 2.05. The fourth-order valence-electron chi connectivity index (χ4n) is 1.51. The third-order valence-electron chi connectivity index (χ3n) is 2.71. The van der Waals surface area contributed by atoms with Gasteiger partial charge in [0.25, 0.3) is 0 Å². The van der Waals surface area contributed by atoms with Crippen LogP contribution in [0.5, 0.6) is 0 Å². The molecule has 3 heteroatoms. The molecule has 0 bridgehead atoms. The van der Waals surface area contributed by atoms with Crippen LogP contribution in [0.3, 0.4) is 0 Å². The normalized spacial score (nSPS) is 10.9. The first-order valence-electron chi connectivity index (χ1n) is 5.16. The number of unbranched alkanes of at least 4 members (excludes halogenated alkanes) is 1. The molecule has 0 aliphatic heterocycles. The molecule has 1 aromatic heterocycles. The van der Waals surface area contributed by atoms with Gasteiger partial charge in [-0.3, -0.25) is 4.68 Å². The van der Waals surface area contributed by atoms with Gasteiger partial charge in [-0.2, -0.15) is 5.10 Å². The van der Waals surface area contributed by atoms with Crippen molar-refractivity contribution in [1.82, 2.24) is 9.78 Å². The zero-order chi connectivity index (χ0) is 10.6. The van der Waals surface area contributed by atoms with E-state index in [4.69, 9.17) is 4.74 Å². The van der Waals surface area contributed by atoms with E-state index in [2.05, 4.69) is 30.6 Å². The molecule has 1 rings (SSSR count). The van der Waals surface area contributed by atoms with Gasteiger partial charge in [0.15, 0.2) is 0 Å². The van der Waals surface area contributed by atoms with Gasteiger partial charge in [0.1, 0.15) is 0 Å². The lowest BCUT2D eigenvalue weighted by atomic mass is 10.2. The molecule has 0 aliphatic rings. The summed E-state index contributed by atoms with van der Waals surface area (Å²) in [6.45, 7) is 8.17. The molecule has 80 valence electrons. The Morgan fingerprint density at radius 2 is 1.93 bits per heavy atom. The second-order valence-corrected chi connectivity index (χ2v) is 3.72. The average Bonchev–Trinajstić information content (AvgIpc) is 2.41. The van der Waals surface area contributed by atoms with Crippen molar-refractivity contribution >= 4 is 0 Å². The maximum Gasteiger partial charge on any atom is 0.0625 e. The van der Waals surface area contributed by atoms with Crippen molar-refractivity contribution in [2.24, 2.45) is 0 Å². The van der Waals surface area contributed by atoms with Gasteiger partial charge < -0.3 is 4.74 Å². The zero-order valence-corrected chi connectivity index (χ0v) is 9.63. The van der Waals surface area contributed by atoms with Crippen LogP contribution in [0.4, 0.5) is 0 Å². The number of ether oxygens (including phenoxy) is 1. The van der Waals surface area contributed by atoms with Gasteiger partial charge in [0, 0.05) is 26.0 Å². The summed E-state index contributed by atoms with van der Waals surface area (Å²) in [6, 6.07) is 0. The molecular weight excluding hydrogens is 176 g/mol. The molecule has 0 aliphatic carbocycles. The first kappa shape index (κ1) is 11.2. The van der Waals surface area contributed by atoms with E-state index in [1.807, 2.05) is 0 Å². The number of nitrogens with zero attached hydrogens (tertiary/aromatic N) is 2. The Hall–Kier alpha value is -0.830. The highest BCUT2D eigenvalue weighted by Crippen LogP contribution is 2.11. The SMILES string of the molecule is COCCCCn1nc(C)c(C)c1C. The quantitative estimate of drug-likeness (QED) is 0.675. The molecular formula is C11H20N2O. The number of hydrogen-bond acceptors (Lipinski definition) is 2. The van der Waals surface area contributed by atoms with Gasteiger partial charge in [-0.25, -0.2) is 0 Å². The number of aryl methyl sites for hydroxylation is 2. The van der Waals surface area contributed by atoms with Crippen LogP contribution >= 0.6 is 0 Å². The van der Waals surface area contributed by atoms with E-state index in [9.17, 15) is 0 Å². The number of aromatic nitrogens is 2. The van der Waals surface area contributed by atoms with Crippen LogP contribution in [0.1, 0.15) is 29.8 Å². The topological polar surface area (TPSA) is 27.1 Å². The molecule has 0 saturated heterocycles. The number of rotatable bonds is 5. The maximum atomic E-state index is 5.01. The minimum absolute atomic E-state index is 0.846. The van der Waals surface area contributed by atoms with E-state index in [-0.39, 0.29) is 0 Å². The standard InChI is InChI=1S/C11H20N2O/c1-9-10(2)12-13(11(9)3)7-5-6-8-14-4/h5-8H2,1-4H3. The summed E-state index contributed by atoms with van der Waals surface area (Å²) < 4.78 is 7.11. The van der Waals surface area contributed by atoms with Crippen molar-refractivity contribution in [1.29, 1.82) is 0 Å². The Kier molecular flexibility index (Phi) is 4.14. The Labute approximate surface area is 86.1 Å². The van der Waals surface area contributed by atoms with Crippen molar-refractivity contribution in [2.75, 3.05) is 13.7 Å². The lowest BCUT2D eigenvalue weighted by molar-refractivity contribution is 0.191. The van der Waals surface area contributed by atoms with Crippen LogP contribution in [-0.2, 0) is 11.3 Å². The molecule has 1 heterocycles. The second-order valence-electron chi connectivity index (χ2n) is 3.72. The summed E-state index contributed by atoms with van der Waals surface area (Å²) >= 11 is 0.